The average molecular weight is 307 g/mol. The van der Waals surface area contributed by atoms with Gasteiger partial charge >= 0.3 is 6.09 Å². The van der Waals surface area contributed by atoms with Gasteiger partial charge < -0.3 is 25.3 Å². The van der Waals surface area contributed by atoms with Crippen LogP contribution in [0, 0.1) is 0 Å². The third-order valence-electron chi connectivity index (χ3n) is 3.10. The molecule has 0 aliphatic carbocycles. The molecule has 1 amide bonds. The maximum atomic E-state index is 12.2. The van der Waals surface area contributed by atoms with E-state index in [0.717, 1.165) is 5.56 Å². The van der Waals surface area contributed by atoms with Crippen LogP contribution in [-0.2, 0) is 11.3 Å². The molecule has 0 saturated carbocycles. The summed E-state index contributed by atoms with van der Waals surface area (Å²) in [6.07, 6.45) is -0.391. The summed E-state index contributed by atoms with van der Waals surface area (Å²) in [4.78, 5) is 13.8. The lowest BCUT2D eigenvalue weighted by Crippen LogP contribution is -2.37. The second-order valence-corrected chi connectivity index (χ2v) is 6.06. The van der Waals surface area contributed by atoms with E-state index in [-0.39, 0.29) is 5.84 Å². The first-order chi connectivity index (χ1) is 10.3. The van der Waals surface area contributed by atoms with Gasteiger partial charge in [-0.2, -0.15) is 0 Å². The monoisotopic (exact) mass is 307 g/mol. The smallest absolute Gasteiger partial charge is 0.410 e. The Labute approximate surface area is 129 Å². The molecule has 0 bridgehead atoms. The Bertz CT molecular complexity index is 593. The molecule has 1 aliphatic rings. The zero-order valence-corrected chi connectivity index (χ0v) is 13.0. The van der Waals surface area contributed by atoms with E-state index in [4.69, 9.17) is 20.4 Å². The van der Waals surface area contributed by atoms with Crippen molar-refractivity contribution in [2.45, 2.75) is 32.9 Å². The SMILES string of the molecule is CC(C)(C)OC(=O)N1CCOc2ccc(/C(N)=N/O)cc2C1. The number of benzene rings is 1. The van der Waals surface area contributed by atoms with Crippen molar-refractivity contribution in [3.63, 3.8) is 0 Å². The Hall–Kier alpha value is -2.44. The second-order valence-electron chi connectivity index (χ2n) is 6.06. The molecule has 120 valence electrons. The third kappa shape index (κ3) is 3.81. The highest BCUT2D eigenvalue weighted by Crippen LogP contribution is 2.25. The van der Waals surface area contributed by atoms with Crippen LogP contribution in [0.1, 0.15) is 31.9 Å². The lowest BCUT2D eigenvalue weighted by Gasteiger charge is -2.26. The highest BCUT2D eigenvalue weighted by Gasteiger charge is 2.25. The van der Waals surface area contributed by atoms with E-state index < -0.39 is 11.7 Å². The number of oxime groups is 1. The topological polar surface area (TPSA) is 97.4 Å². The van der Waals surface area contributed by atoms with Gasteiger partial charge in [-0.15, -0.1) is 0 Å². The molecule has 2 rings (SSSR count). The van der Waals surface area contributed by atoms with Gasteiger partial charge in [-0.25, -0.2) is 4.79 Å². The molecule has 1 heterocycles. The quantitative estimate of drug-likeness (QED) is 0.357. The zero-order chi connectivity index (χ0) is 16.3. The summed E-state index contributed by atoms with van der Waals surface area (Å²) in [5, 5.41) is 11.7. The molecule has 1 aromatic carbocycles. The predicted molar refractivity (Wildman–Crippen MR) is 81.1 cm³/mol. The largest absolute Gasteiger partial charge is 0.491 e. The van der Waals surface area contributed by atoms with Crippen LogP contribution in [-0.4, -0.2) is 40.8 Å². The van der Waals surface area contributed by atoms with E-state index in [1.807, 2.05) is 20.8 Å². The summed E-state index contributed by atoms with van der Waals surface area (Å²) in [7, 11) is 0. The summed E-state index contributed by atoms with van der Waals surface area (Å²) in [6, 6.07) is 5.20. The lowest BCUT2D eigenvalue weighted by atomic mass is 10.1. The zero-order valence-electron chi connectivity index (χ0n) is 13.0. The predicted octanol–water partition coefficient (Wildman–Crippen LogP) is 1.91. The van der Waals surface area contributed by atoms with Crippen LogP contribution in [0.3, 0.4) is 0 Å². The summed E-state index contributed by atoms with van der Waals surface area (Å²) in [6.45, 7) is 6.63. The van der Waals surface area contributed by atoms with E-state index in [9.17, 15) is 4.79 Å². The number of hydrogen-bond donors (Lipinski definition) is 2. The number of nitrogens with zero attached hydrogens (tertiary/aromatic N) is 2. The number of carbonyl (C=O) groups excluding carboxylic acids is 1. The number of hydrogen-bond acceptors (Lipinski definition) is 5. The molecule has 3 N–H and O–H groups in total. The number of carbonyl (C=O) groups is 1. The molecule has 0 fully saturated rings. The van der Waals surface area contributed by atoms with Gasteiger partial charge in [0.15, 0.2) is 5.84 Å². The molecule has 22 heavy (non-hydrogen) atoms. The maximum Gasteiger partial charge on any atom is 0.410 e. The van der Waals surface area contributed by atoms with Gasteiger partial charge in [0.05, 0.1) is 13.1 Å². The van der Waals surface area contributed by atoms with Crippen molar-refractivity contribution in [2.75, 3.05) is 13.2 Å². The molecule has 0 saturated heterocycles. The van der Waals surface area contributed by atoms with Crippen molar-refractivity contribution in [1.29, 1.82) is 0 Å². The van der Waals surface area contributed by atoms with Crippen LogP contribution < -0.4 is 10.5 Å². The minimum Gasteiger partial charge on any atom is -0.491 e. The number of ether oxygens (including phenoxy) is 2. The van der Waals surface area contributed by atoms with E-state index in [1.165, 1.54) is 0 Å². The Morgan fingerprint density at radius 2 is 2.18 bits per heavy atom. The molecule has 7 heteroatoms. The summed E-state index contributed by atoms with van der Waals surface area (Å²) in [5.74, 6) is 0.691. The Balaban J connectivity index is 2.23. The van der Waals surface area contributed by atoms with E-state index in [0.29, 0.717) is 31.0 Å². The minimum absolute atomic E-state index is 0.0101. The third-order valence-corrected chi connectivity index (χ3v) is 3.10. The molecule has 0 radical (unpaired) electrons. The average Bonchev–Trinajstić information content (AvgIpc) is 2.66. The molecule has 0 atom stereocenters. The van der Waals surface area contributed by atoms with E-state index >= 15 is 0 Å². The van der Waals surface area contributed by atoms with Gasteiger partial charge in [0.1, 0.15) is 18.0 Å². The van der Waals surface area contributed by atoms with Crippen molar-refractivity contribution >= 4 is 11.9 Å². The highest BCUT2D eigenvalue weighted by molar-refractivity contribution is 5.97. The first kappa shape index (κ1) is 15.9. The number of fused-ring (bicyclic) bond motifs is 1. The van der Waals surface area contributed by atoms with Crippen LogP contribution in [0.25, 0.3) is 0 Å². The van der Waals surface area contributed by atoms with Gasteiger partial charge in [-0.1, -0.05) is 5.16 Å². The van der Waals surface area contributed by atoms with Crippen molar-refractivity contribution in [3.8, 4) is 5.75 Å². The van der Waals surface area contributed by atoms with E-state index in [1.54, 1.807) is 23.1 Å². The second kappa shape index (κ2) is 6.13. The molecule has 1 aliphatic heterocycles. The fourth-order valence-electron chi connectivity index (χ4n) is 2.09. The maximum absolute atomic E-state index is 12.2. The molecule has 1 aromatic rings. The van der Waals surface area contributed by atoms with Crippen LogP contribution in [0.5, 0.6) is 5.75 Å². The fourth-order valence-corrected chi connectivity index (χ4v) is 2.09. The molecular weight excluding hydrogens is 286 g/mol. The highest BCUT2D eigenvalue weighted by atomic mass is 16.6. The van der Waals surface area contributed by atoms with E-state index in [2.05, 4.69) is 5.16 Å². The first-order valence-electron chi connectivity index (χ1n) is 7.02. The van der Waals surface area contributed by atoms with Crippen molar-refractivity contribution in [3.05, 3.63) is 29.3 Å². The Kier molecular flexibility index (Phi) is 4.44. The molecule has 7 nitrogen and oxygen atoms in total. The molecule has 0 aromatic heterocycles. The van der Waals surface area contributed by atoms with Gasteiger partial charge in [0.2, 0.25) is 0 Å². The van der Waals surface area contributed by atoms with Gasteiger partial charge in [-0.3, -0.25) is 0 Å². The Morgan fingerprint density at radius 3 is 2.82 bits per heavy atom. The van der Waals surface area contributed by atoms with Gasteiger partial charge in [0.25, 0.3) is 0 Å². The minimum atomic E-state index is -0.553. The first-order valence-corrected chi connectivity index (χ1v) is 7.02. The molecule has 0 spiro atoms. The standard InChI is InChI=1S/C15H21N3O4/c1-15(2,3)22-14(19)18-6-7-21-12-5-4-10(13(16)17-20)8-11(12)9-18/h4-5,8,20H,6-7,9H2,1-3H3,(H2,16,17). The molecule has 0 unspecified atom stereocenters. The summed E-state index contributed by atoms with van der Waals surface area (Å²) >= 11 is 0. The van der Waals surface area contributed by atoms with Crippen LogP contribution in [0.4, 0.5) is 4.79 Å². The number of amides is 1. The summed E-state index contributed by atoms with van der Waals surface area (Å²) in [5.41, 5.74) is 6.40. The molecular formula is C15H21N3O4. The number of rotatable bonds is 1. The fraction of sp³-hybridized carbons (Fsp3) is 0.467. The van der Waals surface area contributed by atoms with Crippen molar-refractivity contribution in [2.24, 2.45) is 10.9 Å². The number of amidine groups is 1. The van der Waals surface area contributed by atoms with Crippen LogP contribution >= 0.6 is 0 Å². The van der Waals surface area contributed by atoms with Gasteiger partial charge in [-0.05, 0) is 39.0 Å². The van der Waals surface area contributed by atoms with Crippen LogP contribution in [0.2, 0.25) is 0 Å². The number of nitrogens with two attached hydrogens (primary N) is 1. The Morgan fingerprint density at radius 1 is 1.45 bits per heavy atom. The van der Waals surface area contributed by atoms with Gasteiger partial charge in [0, 0.05) is 11.1 Å². The van der Waals surface area contributed by atoms with Crippen molar-refractivity contribution < 1.29 is 19.5 Å². The summed E-state index contributed by atoms with van der Waals surface area (Å²) < 4.78 is 11.0. The van der Waals surface area contributed by atoms with Crippen LogP contribution in [0.15, 0.2) is 23.4 Å². The normalized spacial score (nSPS) is 15.6. The van der Waals surface area contributed by atoms with Crippen molar-refractivity contribution in [1.82, 2.24) is 4.90 Å². The lowest BCUT2D eigenvalue weighted by molar-refractivity contribution is 0.0225.